The fourth-order valence-corrected chi connectivity index (χ4v) is 2.87. The van der Waals surface area contributed by atoms with Gasteiger partial charge in [-0.1, -0.05) is 18.2 Å². The number of para-hydroxylation sites is 1. The van der Waals surface area contributed by atoms with Gasteiger partial charge in [0.05, 0.1) is 0 Å². The van der Waals surface area contributed by atoms with Crippen LogP contribution in [0.3, 0.4) is 0 Å². The zero-order valence-corrected chi connectivity index (χ0v) is 12.6. The van der Waals surface area contributed by atoms with Crippen LogP contribution in [-0.2, 0) is 0 Å². The van der Waals surface area contributed by atoms with Gasteiger partial charge in [-0.25, -0.2) is 4.79 Å². The van der Waals surface area contributed by atoms with Crippen molar-refractivity contribution >= 4 is 28.7 Å². The number of halogens is 1. The maximum atomic E-state index is 12.3. The Morgan fingerprint density at radius 2 is 1.74 bits per heavy atom. The fourth-order valence-electron chi connectivity index (χ4n) is 2.87. The Morgan fingerprint density at radius 3 is 2.42 bits per heavy atom. The van der Waals surface area contributed by atoms with Crippen LogP contribution in [0.1, 0.15) is 12.8 Å². The van der Waals surface area contributed by atoms with Crippen LogP contribution >= 0.6 is 17.0 Å². The molecule has 5 heteroatoms. The Kier molecular flexibility index (Phi) is 4.82. The number of urea groups is 1. The number of benzene rings is 1. The molecule has 0 unspecified atom stereocenters. The first-order chi connectivity index (χ1) is 8.83. The summed E-state index contributed by atoms with van der Waals surface area (Å²) in [6.45, 7) is 4.14. The summed E-state index contributed by atoms with van der Waals surface area (Å²) in [7, 11) is 0. The lowest BCUT2D eigenvalue weighted by atomic mass is 10.1. The zero-order valence-electron chi connectivity index (χ0n) is 10.9. The number of amides is 2. The number of nitrogens with zero attached hydrogens (tertiary/aromatic N) is 2. The van der Waals surface area contributed by atoms with Crippen molar-refractivity contribution in [1.82, 2.24) is 9.80 Å². The van der Waals surface area contributed by atoms with Crippen molar-refractivity contribution in [2.75, 3.05) is 31.5 Å². The first kappa shape index (κ1) is 14.3. The van der Waals surface area contributed by atoms with Crippen molar-refractivity contribution in [3.63, 3.8) is 0 Å². The van der Waals surface area contributed by atoms with Crippen LogP contribution in [0.15, 0.2) is 30.3 Å². The van der Waals surface area contributed by atoms with E-state index in [2.05, 4.69) is 10.2 Å². The van der Waals surface area contributed by atoms with Gasteiger partial charge in [-0.15, -0.1) is 17.0 Å². The molecular weight excluding hydrogens is 306 g/mol. The summed E-state index contributed by atoms with van der Waals surface area (Å²) in [6, 6.07) is 10.2. The van der Waals surface area contributed by atoms with E-state index in [0.717, 1.165) is 44.7 Å². The molecule has 0 radical (unpaired) electrons. The Hall–Kier alpha value is -1.07. The first-order valence-corrected chi connectivity index (χ1v) is 6.68. The lowest BCUT2D eigenvalue weighted by Crippen LogP contribution is -2.43. The van der Waals surface area contributed by atoms with Crippen molar-refractivity contribution in [2.24, 2.45) is 0 Å². The van der Waals surface area contributed by atoms with Gasteiger partial charge in [-0.3, -0.25) is 0 Å². The van der Waals surface area contributed by atoms with Crippen molar-refractivity contribution in [2.45, 2.75) is 18.9 Å². The number of hydrogen-bond acceptors (Lipinski definition) is 2. The third-order valence-corrected chi connectivity index (χ3v) is 3.94. The molecule has 3 aliphatic heterocycles. The molecule has 0 saturated carbocycles. The lowest BCUT2D eigenvalue weighted by molar-refractivity contribution is 0.182. The van der Waals surface area contributed by atoms with Crippen LogP contribution in [0.4, 0.5) is 10.5 Å². The van der Waals surface area contributed by atoms with Gasteiger partial charge in [-0.05, 0) is 25.0 Å². The minimum absolute atomic E-state index is 0. The number of carbonyl (C=O) groups excluding carboxylic acids is 1. The van der Waals surface area contributed by atoms with Crippen LogP contribution < -0.4 is 5.32 Å². The quantitative estimate of drug-likeness (QED) is 0.861. The van der Waals surface area contributed by atoms with Crippen LogP contribution in [0.25, 0.3) is 0 Å². The molecule has 2 bridgehead atoms. The monoisotopic (exact) mass is 325 g/mol. The Balaban J connectivity index is 0.00000133. The molecule has 3 heterocycles. The van der Waals surface area contributed by atoms with Gasteiger partial charge in [0.1, 0.15) is 0 Å². The van der Waals surface area contributed by atoms with Crippen LogP contribution in [0.5, 0.6) is 0 Å². The summed E-state index contributed by atoms with van der Waals surface area (Å²) in [6.07, 6.45) is 2.23. The second-order valence-electron chi connectivity index (χ2n) is 5.06. The summed E-state index contributed by atoms with van der Waals surface area (Å²) in [4.78, 5) is 16.8. The highest BCUT2D eigenvalue weighted by atomic mass is 79.9. The second kappa shape index (κ2) is 6.39. The lowest BCUT2D eigenvalue weighted by Gasteiger charge is -2.31. The molecule has 0 spiro atoms. The van der Waals surface area contributed by atoms with Gasteiger partial charge in [0.25, 0.3) is 0 Å². The minimum Gasteiger partial charge on any atom is -0.320 e. The third kappa shape index (κ3) is 3.28. The zero-order chi connectivity index (χ0) is 12.4. The molecule has 0 atom stereocenters. The molecule has 4 rings (SSSR count). The SMILES string of the molecule is Br.O=C(Nc1ccccc1)N1CCN2CCC1CC2. The molecule has 19 heavy (non-hydrogen) atoms. The van der Waals surface area contributed by atoms with E-state index in [0.29, 0.717) is 6.04 Å². The molecule has 4 nitrogen and oxygen atoms in total. The first-order valence-electron chi connectivity index (χ1n) is 6.68. The highest BCUT2D eigenvalue weighted by Gasteiger charge is 2.31. The summed E-state index contributed by atoms with van der Waals surface area (Å²) < 4.78 is 0. The largest absolute Gasteiger partial charge is 0.322 e. The van der Waals surface area contributed by atoms with Gasteiger partial charge < -0.3 is 15.1 Å². The standard InChI is InChI=1S/C14H19N3O.BrH/c18-14(15-12-4-2-1-3-5-12)17-11-10-16-8-6-13(17)7-9-16;/h1-5,13H,6-11H2,(H,15,18);1H. The maximum Gasteiger partial charge on any atom is 0.322 e. The molecule has 1 aromatic rings. The van der Waals surface area contributed by atoms with E-state index in [4.69, 9.17) is 0 Å². The number of carbonyl (C=O) groups is 1. The number of hydrogen-bond donors (Lipinski definition) is 1. The predicted molar refractivity (Wildman–Crippen MR) is 82.0 cm³/mol. The van der Waals surface area contributed by atoms with Crippen LogP contribution in [0, 0.1) is 0 Å². The van der Waals surface area contributed by atoms with E-state index in [1.807, 2.05) is 35.2 Å². The molecule has 0 aromatic heterocycles. The number of rotatable bonds is 1. The third-order valence-electron chi connectivity index (χ3n) is 3.94. The Bertz CT molecular complexity index is 418. The Morgan fingerprint density at radius 1 is 1.05 bits per heavy atom. The topological polar surface area (TPSA) is 35.6 Å². The molecule has 3 aliphatic rings. The highest BCUT2D eigenvalue weighted by Crippen LogP contribution is 2.21. The van der Waals surface area contributed by atoms with Gasteiger partial charge in [0.2, 0.25) is 0 Å². The molecule has 104 valence electrons. The minimum atomic E-state index is 0. The van der Waals surface area contributed by atoms with Gasteiger partial charge in [0.15, 0.2) is 0 Å². The fraction of sp³-hybridized carbons (Fsp3) is 0.500. The van der Waals surface area contributed by atoms with Crippen molar-refractivity contribution < 1.29 is 4.79 Å². The number of piperidine rings is 1. The second-order valence-corrected chi connectivity index (χ2v) is 5.06. The molecule has 0 aliphatic carbocycles. The van der Waals surface area contributed by atoms with Crippen molar-refractivity contribution in [3.05, 3.63) is 30.3 Å². The van der Waals surface area contributed by atoms with Crippen molar-refractivity contribution in [1.29, 1.82) is 0 Å². The predicted octanol–water partition coefficient (Wildman–Crippen LogP) is 2.58. The normalized spacial score (nSPS) is 25.4. The summed E-state index contributed by atoms with van der Waals surface area (Å²) in [5.41, 5.74) is 0.876. The van der Waals surface area contributed by atoms with Crippen molar-refractivity contribution in [3.8, 4) is 0 Å². The molecule has 1 N–H and O–H groups in total. The van der Waals surface area contributed by atoms with E-state index in [9.17, 15) is 4.79 Å². The average Bonchev–Trinajstić information content (AvgIpc) is 2.73. The highest BCUT2D eigenvalue weighted by molar-refractivity contribution is 8.93. The van der Waals surface area contributed by atoms with E-state index in [1.165, 1.54) is 0 Å². The summed E-state index contributed by atoms with van der Waals surface area (Å²) >= 11 is 0. The van der Waals surface area contributed by atoms with Crippen LogP contribution in [0.2, 0.25) is 0 Å². The van der Waals surface area contributed by atoms with Gasteiger partial charge >= 0.3 is 6.03 Å². The number of anilines is 1. The van der Waals surface area contributed by atoms with E-state index >= 15 is 0 Å². The number of nitrogens with one attached hydrogen (secondary N) is 1. The van der Waals surface area contributed by atoms with E-state index in [1.54, 1.807) is 0 Å². The maximum absolute atomic E-state index is 12.3. The van der Waals surface area contributed by atoms with E-state index in [-0.39, 0.29) is 23.0 Å². The number of fused-ring (bicyclic) bond motifs is 4. The van der Waals surface area contributed by atoms with Gasteiger partial charge in [0, 0.05) is 37.9 Å². The Labute approximate surface area is 124 Å². The average molecular weight is 326 g/mol. The molecule has 1 aromatic carbocycles. The smallest absolute Gasteiger partial charge is 0.320 e. The molecule has 3 saturated heterocycles. The summed E-state index contributed by atoms with van der Waals surface area (Å²) in [5, 5.41) is 2.99. The molecule has 3 fully saturated rings. The van der Waals surface area contributed by atoms with E-state index < -0.39 is 0 Å². The summed E-state index contributed by atoms with van der Waals surface area (Å²) in [5.74, 6) is 0. The molecular formula is C14H20BrN3O. The van der Waals surface area contributed by atoms with Gasteiger partial charge in [-0.2, -0.15) is 0 Å². The molecule has 2 amide bonds. The van der Waals surface area contributed by atoms with Crippen LogP contribution in [-0.4, -0.2) is 48.1 Å².